The van der Waals surface area contributed by atoms with E-state index in [4.69, 9.17) is 4.98 Å². The average Bonchev–Trinajstić information content (AvgIpc) is 3.25. The highest BCUT2D eigenvalue weighted by atomic mass is 19.2. The van der Waals surface area contributed by atoms with Gasteiger partial charge in [0.25, 0.3) is 5.91 Å². The number of rotatable bonds is 7. The molecule has 4 aromatic rings. The number of carbonyl (C=O) groups excluding carboxylic acids is 1. The normalized spacial score (nSPS) is 11.9. The van der Waals surface area contributed by atoms with Crippen LogP contribution in [-0.2, 0) is 6.54 Å². The molecule has 6 heteroatoms. The Labute approximate surface area is 191 Å². The molecule has 0 radical (unpaired) electrons. The van der Waals surface area contributed by atoms with Gasteiger partial charge in [0.1, 0.15) is 17.2 Å². The zero-order valence-electron chi connectivity index (χ0n) is 18.6. The number of hydrogen-bond acceptors (Lipinski definition) is 2. The van der Waals surface area contributed by atoms with Gasteiger partial charge in [0.15, 0.2) is 11.6 Å². The highest BCUT2D eigenvalue weighted by Gasteiger charge is 2.26. The van der Waals surface area contributed by atoms with Crippen molar-refractivity contribution in [2.45, 2.75) is 32.9 Å². The van der Waals surface area contributed by atoms with Crippen LogP contribution < -0.4 is 5.32 Å². The van der Waals surface area contributed by atoms with Crippen molar-refractivity contribution < 1.29 is 13.6 Å². The summed E-state index contributed by atoms with van der Waals surface area (Å²) in [6.45, 7) is 4.40. The zero-order valence-corrected chi connectivity index (χ0v) is 18.6. The summed E-state index contributed by atoms with van der Waals surface area (Å²) < 4.78 is 29.5. The number of halogens is 2. The summed E-state index contributed by atoms with van der Waals surface area (Å²) in [5.74, 6) is -1.65. The molecule has 1 unspecified atom stereocenters. The molecule has 168 valence electrons. The summed E-state index contributed by atoms with van der Waals surface area (Å²) in [6.07, 6.45) is 0.696. The van der Waals surface area contributed by atoms with Crippen LogP contribution in [0.2, 0.25) is 0 Å². The van der Waals surface area contributed by atoms with Crippen LogP contribution in [0.4, 0.5) is 8.78 Å². The minimum absolute atomic E-state index is 0.197. The number of nitrogens with zero attached hydrogens (tertiary/aromatic N) is 2. The van der Waals surface area contributed by atoms with Crippen LogP contribution in [0.1, 0.15) is 42.4 Å². The maximum Gasteiger partial charge on any atom is 0.270 e. The van der Waals surface area contributed by atoms with Crippen molar-refractivity contribution in [2.75, 3.05) is 0 Å². The molecule has 0 aliphatic rings. The van der Waals surface area contributed by atoms with Crippen LogP contribution in [0.3, 0.4) is 0 Å². The molecule has 3 aromatic carbocycles. The van der Waals surface area contributed by atoms with E-state index in [2.05, 4.69) is 5.32 Å². The largest absolute Gasteiger partial charge is 0.344 e. The second-order valence-electron chi connectivity index (χ2n) is 7.72. The zero-order chi connectivity index (χ0) is 23.4. The number of nitrogens with one attached hydrogen (secondary N) is 1. The number of carbonyl (C=O) groups is 1. The summed E-state index contributed by atoms with van der Waals surface area (Å²) >= 11 is 0. The molecule has 0 spiro atoms. The molecule has 1 heterocycles. The maximum absolute atomic E-state index is 14.1. The molecule has 33 heavy (non-hydrogen) atoms. The average molecular weight is 446 g/mol. The Morgan fingerprint density at radius 2 is 1.58 bits per heavy atom. The first kappa shape index (κ1) is 22.4. The molecule has 0 aliphatic carbocycles. The van der Waals surface area contributed by atoms with Gasteiger partial charge in [0.05, 0.1) is 6.04 Å². The molecule has 0 aliphatic heterocycles. The highest BCUT2D eigenvalue weighted by molar-refractivity contribution is 5.99. The predicted molar refractivity (Wildman–Crippen MR) is 126 cm³/mol. The lowest BCUT2D eigenvalue weighted by atomic mass is 10.0. The first-order valence-corrected chi connectivity index (χ1v) is 11.0. The third-order valence-corrected chi connectivity index (χ3v) is 5.64. The monoisotopic (exact) mass is 445 g/mol. The van der Waals surface area contributed by atoms with Gasteiger partial charge in [0, 0.05) is 17.7 Å². The fraction of sp³-hybridized carbons (Fsp3) is 0.185. The van der Waals surface area contributed by atoms with Gasteiger partial charge in [-0.05, 0) is 37.1 Å². The maximum atomic E-state index is 14.1. The fourth-order valence-corrected chi connectivity index (χ4v) is 3.98. The Morgan fingerprint density at radius 3 is 2.18 bits per heavy atom. The first-order valence-electron chi connectivity index (χ1n) is 11.0. The van der Waals surface area contributed by atoms with Crippen molar-refractivity contribution in [3.05, 3.63) is 102 Å². The lowest BCUT2D eigenvalue weighted by molar-refractivity contribution is 0.0927. The lowest BCUT2D eigenvalue weighted by Crippen LogP contribution is -2.30. The van der Waals surface area contributed by atoms with E-state index >= 15 is 0 Å². The molecular weight excluding hydrogens is 420 g/mol. The molecule has 0 bridgehead atoms. The quantitative estimate of drug-likeness (QED) is 0.358. The van der Waals surface area contributed by atoms with Crippen LogP contribution in [0.25, 0.3) is 22.6 Å². The van der Waals surface area contributed by atoms with Crippen molar-refractivity contribution in [2.24, 2.45) is 0 Å². The van der Waals surface area contributed by atoms with E-state index in [9.17, 15) is 13.6 Å². The number of amides is 1. The molecule has 0 saturated heterocycles. The van der Waals surface area contributed by atoms with Crippen LogP contribution in [0.15, 0.2) is 78.9 Å². The van der Waals surface area contributed by atoms with Gasteiger partial charge in [-0.25, -0.2) is 13.8 Å². The molecule has 1 atom stereocenters. The van der Waals surface area contributed by atoms with Gasteiger partial charge in [0.2, 0.25) is 0 Å². The van der Waals surface area contributed by atoms with E-state index < -0.39 is 11.6 Å². The first-order chi connectivity index (χ1) is 16.0. The summed E-state index contributed by atoms with van der Waals surface area (Å²) in [5.41, 5.74) is 2.80. The summed E-state index contributed by atoms with van der Waals surface area (Å²) in [6, 6.07) is 22.6. The Kier molecular flexibility index (Phi) is 6.63. The van der Waals surface area contributed by atoms with E-state index in [0.29, 0.717) is 35.7 Å². The Morgan fingerprint density at radius 1 is 0.909 bits per heavy atom. The topological polar surface area (TPSA) is 46.9 Å². The molecule has 1 amide bonds. The number of imidazole rings is 1. The van der Waals surface area contributed by atoms with Crippen molar-refractivity contribution in [3.8, 4) is 22.6 Å². The van der Waals surface area contributed by atoms with Crippen LogP contribution >= 0.6 is 0 Å². The van der Waals surface area contributed by atoms with Gasteiger partial charge >= 0.3 is 0 Å². The van der Waals surface area contributed by atoms with Gasteiger partial charge in [-0.1, -0.05) is 67.6 Å². The van der Waals surface area contributed by atoms with Gasteiger partial charge in [-0.15, -0.1) is 0 Å². The predicted octanol–water partition coefficient (Wildman–Crippen LogP) is 6.40. The van der Waals surface area contributed by atoms with Crippen LogP contribution in [0.5, 0.6) is 0 Å². The van der Waals surface area contributed by atoms with Gasteiger partial charge in [-0.3, -0.25) is 4.79 Å². The van der Waals surface area contributed by atoms with E-state index in [0.717, 1.165) is 23.3 Å². The van der Waals surface area contributed by atoms with Gasteiger partial charge < -0.3 is 9.88 Å². The molecular formula is C27H25F2N3O. The standard InChI is InChI=1S/C27H25F2N3O/c1-3-23(18-11-7-5-8-12-18)30-27(33)25-24(20-15-16-21(28)22(29)17-20)31-26(32(25)4-2)19-13-9-6-10-14-19/h5-17,23H,3-4H2,1-2H3,(H,30,33). The minimum atomic E-state index is -0.984. The SMILES string of the molecule is CCC(NC(=O)c1c(-c2ccc(F)c(F)c2)nc(-c2ccccc2)n1CC)c1ccccc1. The second-order valence-corrected chi connectivity index (χ2v) is 7.72. The van der Waals surface area contributed by atoms with E-state index in [1.165, 1.54) is 6.07 Å². The van der Waals surface area contributed by atoms with Crippen molar-refractivity contribution in [1.29, 1.82) is 0 Å². The Balaban J connectivity index is 1.85. The van der Waals surface area contributed by atoms with E-state index in [1.54, 1.807) is 0 Å². The molecule has 1 N–H and O–H groups in total. The number of benzene rings is 3. The molecule has 0 fully saturated rings. The lowest BCUT2D eigenvalue weighted by Gasteiger charge is -2.19. The Bertz CT molecular complexity index is 1250. The number of aromatic nitrogens is 2. The highest BCUT2D eigenvalue weighted by Crippen LogP contribution is 2.31. The van der Waals surface area contributed by atoms with Gasteiger partial charge in [-0.2, -0.15) is 0 Å². The van der Waals surface area contributed by atoms with E-state index in [-0.39, 0.29) is 11.9 Å². The summed E-state index contributed by atoms with van der Waals surface area (Å²) in [7, 11) is 0. The molecule has 4 rings (SSSR count). The van der Waals surface area contributed by atoms with Crippen molar-refractivity contribution in [1.82, 2.24) is 14.9 Å². The number of hydrogen-bond donors (Lipinski definition) is 1. The van der Waals surface area contributed by atoms with Crippen LogP contribution in [0, 0.1) is 11.6 Å². The molecule has 4 nitrogen and oxygen atoms in total. The summed E-state index contributed by atoms with van der Waals surface area (Å²) in [4.78, 5) is 18.4. The Hall–Kier alpha value is -3.80. The van der Waals surface area contributed by atoms with Crippen molar-refractivity contribution >= 4 is 5.91 Å². The smallest absolute Gasteiger partial charge is 0.270 e. The third kappa shape index (κ3) is 4.55. The van der Waals surface area contributed by atoms with Crippen molar-refractivity contribution in [3.63, 3.8) is 0 Å². The summed E-state index contributed by atoms with van der Waals surface area (Å²) in [5, 5.41) is 3.11. The van der Waals surface area contributed by atoms with E-state index in [1.807, 2.05) is 79.1 Å². The molecule has 0 saturated carbocycles. The minimum Gasteiger partial charge on any atom is -0.344 e. The second kappa shape index (κ2) is 9.77. The third-order valence-electron chi connectivity index (χ3n) is 5.64. The molecule has 1 aromatic heterocycles. The fourth-order valence-electron chi connectivity index (χ4n) is 3.98. The van der Waals surface area contributed by atoms with Crippen LogP contribution in [-0.4, -0.2) is 15.5 Å².